The van der Waals surface area contributed by atoms with Crippen molar-refractivity contribution in [2.45, 2.75) is 39.5 Å². The number of amides is 2. The second-order valence-corrected chi connectivity index (χ2v) is 11.3. The third kappa shape index (κ3) is 7.14. The number of aryl methyl sites for hydroxylation is 1. The minimum atomic E-state index is -0.544. The number of hydrogen-bond acceptors (Lipinski definition) is 7. The Balaban J connectivity index is 1.51. The fraction of sp³-hybridized carbons (Fsp3) is 0.258. The number of anilines is 2. The first-order valence-electron chi connectivity index (χ1n) is 13.1. The SMILES string of the molecule is CCCCOc1cccc(NC(=O)CSC2=C(C#N)[C@@H](c3cccs3)C(C(=O)Nc3ccccc3C)=C(C)N2)c1. The van der Waals surface area contributed by atoms with E-state index in [4.69, 9.17) is 4.74 Å². The summed E-state index contributed by atoms with van der Waals surface area (Å²) in [5.41, 5.74) is 3.85. The minimum absolute atomic E-state index is 0.0869. The van der Waals surface area contributed by atoms with Gasteiger partial charge in [0.05, 0.1) is 34.9 Å². The molecule has 0 radical (unpaired) electrons. The number of ether oxygens (including phenoxy) is 1. The van der Waals surface area contributed by atoms with Gasteiger partial charge in [0.25, 0.3) is 5.91 Å². The molecule has 1 aliphatic rings. The van der Waals surface area contributed by atoms with Crippen LogP contribution in [0.3, 0.4) is 0 Å². The van der Waals surface area contributed by atoms with Crippen molar-refractivity contribution < 1.29 is 14.3 Å². The molecule has 0 aliphatic carbocycles. The summed E-state index contributed by atoms with van der Waals surface area (Å²) in [6.07, 6.45) is 2.01. The van der Waals surface area contributed by atoms with Crippen LogP contribution in [0.2, 0.25) is 0 Å². The summed E-state index contributed by atoms with van der Waals surface area (Å²) in [6, 6.07) is 21.0. The van der Waals surface area contributed by atoms with E-state index in [9.17, 15) is 14.9 Å². The second kappa shape index (κ2) is 13.9. The lowest BCUT2D eigenvalue weighted by atomic mass is 9.86. The zero-order valence-corrected chi connectivity index (χ0v) is 24.4. The standard InChI is InChI=1S/C31H32N4O3S2/c1-4-5-15-38-23-12-8-11-22(17-23)34-27(36)19-40-31-24(18-32)29(26-14-9-16-39-26)28(21(3)33-31)30(37)35-25-13-7-6-10-20(25)2/h6-14,16-17,29,33H,4-5,15,19H2,1-3H3,(H,34,36)(H,35,37)/t29-/m0/s1. The zero-order chi connectivity index (χ0) is 28.5. The summed E-state index contributed by atoms with van der Waals surface area (Å²) in [6.45, 7) is 6.49. The number of carbonyl (C=O) groups excluding carboxylic acids is 2. The van der Waals surface area contributed by atoms with Gasteiger partial charge in [-0.15, -0.1) is 11.3 Å². The van der Waals surface area contributed by atoms with Gasteiger partial charge in [-0.25, -0.2) is 0 Å². The summed E-state index contributed by atoms with van der Waals surface area (Å²) < 4.78 is 5.74. The highest BCUT2D eigenvalue weighted by atomic mass is 32.2. The fourth-order valence-electron chi connectivity index (χ4n) is 4.30. The molecule has 2 heterocycles. The maximum Gasteiger partial charge on any atom is 0.254 e. The number of nitrogens with one attached hydrogen (secondary N) is 3. The quantitative estimate of drug-likeness (QED) is 0.215. The maximum atomic E-state index is 13.6. The summed E-state index contributed by atoms with van der Waals surface area (Å²) in [7, 11) is 0. The lowest BCUT2D eigenvalue weighted by Crippen LogP contribution is -2.31. The number of unbranched alkanes of at least 4 members (excludes halogenated alkanes) is 1. The van der Waals surface area contributed by atoms with Gasteiger partial charge in [-0.05, 0) is 55.5 Å². The van der Waals surface area contributed by atoms with E-state index in [-0.39, 0.29) is 17.6 Å². The zero-order valence-electron chi connectivity index (χ0n) is 22.7. The largest absolute Gasteiger partial charge is 0.494 e. The average molecular weight is 573 g/mol. The van der Waals surface area contributed by atoms with Crippen LogP contribution < -0.4 is 20.7 Å². The Morgan fingerprint density at radius 2 is 1.93 bits per heavy atom. The number of hydrogen-bond donors (Lipinski definition) is 3. The summed E-state index contributed by atoms with van der Waals surface area (Å²) >= 11 is 2.73. The van der Waals surface area contributed by atoms with Crippen molar-refractivity contribution in [3.63, 3.8) is 0 Å². The number of thioether (sulfide) groups is 1. The first-order valence-corrected chi connectivity index (χ1v) is 15.0. The van der Waals surface area contributed by atoms with E-state index in [0.717, 1.165) is 29.0 Å². The first-order chi connectivity index (χ1) is 19.4. The second-order valence-electron chi connectivity index (χ2n) is 9.30. The third-order valence-corrected chi connectivity index (χ3v) is 8.30. The third-order valence-electron chi connectivity index (χ3n) is 6.35. The van der Waals surface area contributed by atoms with E-state index in [1.54, 1.807) is 6.07 Å². The molecule has 1 atom stereocenters. The molecule has 0 unspecified atom stereocenters. The molecule has 3 N–H and O–H groups in total. The van der Waals surface area contributed by atoms with Gasteiger partial charge in [0, 0.05) is 33.6 Å². The van der Waals surface area contributed by atoms with Crippen LogP contribution in [0.15, 0.2) is 87.9 Å². The van der Waals surface area contributed by atoms with Crippen LogP contribution in [-0.4, -0.2) is 24.2 Å². The van der Waals surface area contributed by atoms with Gasteiger partial charge in [0.1, 0.15) is 5.75 Å². The Bertz CT molecular complexity index is 1470. The van der Waals surface area contributed by atoms with E-state index < -0.39 is 5.92 Å². The molecule has 0 saturated carbocycles. The lowest BCUT2D eigenvalue weighted by molar-refractivity contribution is -0.114. The molecule has 40 heavy (non-hydrogen) atoms. The van der Waals surface area contributed by atoms with Crippen molar-refractivity contribution >= 4 is 46.3 Å². The Kier molecular flexibility index (Phi) is 10.1. The van der Waals surface area contributed by atoms with Crippen LogP contribution in [0.25, 0.3) is 0 Å². The highest BCUT2D eigenvalue weighted by molar-refractivity contribution is 8.03. The van der Waals surface area contributed by atoms with Gasteiger partial charge in [0.15, 0.2) is 0 Å². The first kappa shape index (κ1) is 29.0. The number of dihydropyridines is 1. The van der Waals surface area contributed by atoms with Crippen LogP contribution in [0, 0.1) is 18.3 Å². The predicted molar refractivity (Wildman–Crippen MR) is 163 cm³/mol. The van der Waals surface area contributed by atoms with Crippen LogP contribution in [0.5, 0.6) is 5.75 Å². The van der Waals surface area contributed by atoms with Crippen molar-refractivity contribution in [1.29, 1.82) is 5.26 Å². The van der Waals surface area contributed by atoms with Gasteiger partial charge >= 0.3 is 0 Å². The summed E-state index contributed by atoms with van der Waals surface area (Å²) in [4.78, 5) is 27.3. The Hall–Kier alpha value is -4.00. The molecule has 206 valence electrons. The van der Waals surface area contributed by atoms with Gasteiger partial charge in [0.2, 0.25) is 5.91 Å². The number of rotatable bonds is 11. The van der Waals surface area contributed by atoms with Gasteiger partial charge in [-0.3, -0.25) is 9.59 Å². The molecule has 2 aromatic carbocycles. The van der Waals surface area contributed by atoms with E-state index in [1.807, 2.05) is 73.8 Å². The Morgan fingerprint density at radius 1 is 1.10 bits per heavy atom. The molecular formula is C31H32N4O3S2. The fourth-order valence-corrected chi connectivity index (χ4v) is 6.04. The van der Waals surface area contributed by atoms with Crippen LogP contribution in [0.1, 0.15) is 43.0 Å². The molecular weight excluding hydrogens is 541 g/mol. The molecule has 3 aromatic rings. The van der Waals surface area contributed by atoms with Crippen molar-refractivity contribution in [3.8, 4) is 11.8 Å². The van der Waals surface area contributed by atoms with Crippen molar-refractivity contribution in [3.05, 3.63) is 98.4 Å². The summed E-state index contributed by atoms with van der Waals surface area (Å²) in [5.74, 6) is -0.229. The molecule has 0 saturated heterocycles. The van der Waals surface area contributed by atoms with Gasteiger partial charge in [-0.2, -0.15) is 5.26 Å². The van der Waals surface area contributed by atoms with E-state index >= 15 is 0 Å². The van der Waals surface area contributed by atoms with E-state index in [0.29, 0.717) is 39.9 Å². The van der Waals surface area contributed by atoms with Crippen molar-refractivity contribution in [2.24, 2.45) is 0 Å². The van der Waals surface area contributed by atoms with Crippen LogP contribution in [-0.2, 0) is 9.59 Å². The van der Waals surface area contributed by atoms with Crippen LogP contribution >= 0.6 is 23.1 Å². The Labute approximate surface area is 243 Å². The van der Waals surface area contributed by atoms with Crippen LogP contribution in [0.4, 0.5) is 11.4 Å². The number of benzene rings is 2. The molecule has 1 aromatic heterocycles. The molecule has 0 bridgehead atoms. The van der Waals surface area contributed by atoms with Gasteiger partial charge in [-0.1, -0.05) is 55.4 Å². The highest BCUT2D eigenvalue weighted by Crippen LogP contribution is 2.42. The number of para-hydroxylation sites is 1. The highest BCUT2D eigenvalue weighted by Gasteiger charge is 2.35. The molecule has 0 fully saturated rings. The molecule has 4 rings (SSSR count). The molecule has 7 nitrogen and oxygen atoms in total. The van der Waals surface area contributed by atoms with Crippen molar-refractivity contribution in [2.75, 3.05) is 23.0 Å². The Morgan fingerprint density at radius 3 is 2.65 bits per heavy atom. The molecule has 1 aliphatic heterocycles. The topological polar surface area (TPSA) is 103 Å². The predicted octanol–water partition coefficient (Wildman–Crippen LogP) is 6.94. The number of nitrogens with zero attached hydrogens (tertiary/aromatic N) is 1. The minimum Gasteiger partial charge on any atom is -0.494 e. The number of nitriles is 1. The molecule has 9 heteroatoms. The lowest BCUT2D eigenvalue weighted by Gasteiger charge is -2.29. The van der Waals surface area contributed by atoms with E-state index in [2.05, 4.69) is 28.9 Å². The average Bonchev–Trinajstić information content (AvgIpc) is 3.48. The smallest absolute Gasteiger partial charge is 0.254 e. The molecule has 0 spiro atoms. The maximum absolute atomic E-state index is 13.6. The monoisotopic (exact) mass is 572 g/mol. The van der Waals surface area contributed by atoms with Crippen molar-refractivity contribution in [1.82, 2.24) is 5.32 Å². The number of thiophene rings is 1. The number of allylic oxidation sites excluding steroid dienone is 2. The normalized spacial score (nSPS) is 14.8. The van der Waals surface area contributed by atoms with Gasteiger partial charge < -0.3 is 20.7 Å². The number of carbonyl (C=O) groups is 2. The summed E-state index contributed by atoms with van der Waals surface area (Å²) in [5, 5.41) is 21.9. The van der Waals surface area contributed by atoms with E-state index in [1.165, 1.54) is 23.1 Å². The molecule has 2 amide bonds.